The van der Waals surface area contributed by atoms with Gasteiger partial charge in [0.15, 0.2) is 0 Å². The molecule has 2 aromatic carbocycles. The molecule has 0 unspecified atom stereocenters. The average Bonchev–Trinajstić information content (AvgIpc) is 3.44. The largest absolute Gasteiger partial charge is 0.338 e. The fourth-order valence-corrected chi connectivity index (χ4v) is 6.98. The lowest BCUT2D eigenvalue weighted by Crippen LogP contribution is -2.44. The van der Waals surface area contributed by atoms with Crippen molar-refractivity contribution in [2.75, 3.05) is 19.6 Å². The van der Waals surface area contributed by atoms with Crippen molar-refractivity contribution in [3.8, 4) is 0 Å². The van der Waals surface area contributed by atoms with Crippen LogP contribution in [0, 0.1) is 0 Å². The molecule has 3 heterocycles. The fourth-order valence-electron chi connectivity index (χ4n) is 6.01. The predicted molar refractivity (Wildman–Crippen MR) is 148 cm³/mol. The molecule has 3 aliphatic rings. The maximum Gasteiger partial charge on any atom is 0.317 e. The zero-order valence-corrected chi connectivity index (χ0v) is 22.1. The van der Waals surface area contributed by atoms with Gasteiger partial charge < -0.3 is 15.1 Å². The van der Waals surface area contributed by atoms with Gasteiger partial charge in [0.1, 0.15) is 5.69 Å². The second-order valence-electron chi connectivity index (χ2n) is 10.5. The number of benzene rings is 2. The summed E-state index contributed by atoms with van der Waals surface area (Å²) in [7, 11) is 0. The molecular formula is C30H34N4O2S. The Labute approximate surface area is 222 Å². The Kier molecular flexibility index (Phi) is 6.96. The van der Waals surface area contributed by atoms with Crippen molar-refractivity contribution >= 4 is 34.0 Å². The first kappa shape index (κ1) is 24.2. The summed E-state index contributed by atoms with van der Waals surface area (Å²) in [5.74, 6) is 0.303. The number of carbonyl (C=O) groups is 2. The van der Waals surface area contributed by atoms with Crippen LogP contribution in [-0.2, 0) is 13.1 Å². The van der Waals surface area contributed by atoms with Crippen LogP contribution in [0.1, 0.15) is 77.5 Å². The Balaban J connectivity index is 1.02. The van der Waals surface area contributed by atoms with Crippen LogP contribution in [0.5, 0.6) is 0 Å². The Hall–Kier alpha value is -3.19. The zero-order chi connectivity index (χ0) is 25.2. The minimum absolute atomic E-state index is 0.00102. The summed E-state index contributed by atoms with van der Waals surface area (Å²) >= 11 is 1.58. The topological polar surface area (TPSA) is 65.5 Å². The summed E-state index contributed by atoms with van der Waals surface area (Å²) in [6.07, 6.45) is 10.0. The molecule has 6 nitrogen and oxygen atoms in total. The van der Waals surface area contributed by atoms with Gasteiger partial charge in [0.05, 0.1) is 5.01 Å². The van der Waals surface area contributed by atoms with Gasteiger partial charge in [-0.25, -0.2) is 9.78 Å². The number of urea groups is 1. The van der Waals surface area contributed by atoms with Gasteiger partial charge >= 0.3 is 6.03 Å². The highest BCUT2D eigenvalue weighted by atomic mass is 32.1. The first-order valence-electron chi connectivity index (χ1n) is 13.6. The van der Waals surface area contributed by atoms with Crippen LogP contribution in [0.3, 0.4) is 0 Å². The maximum atomic E-state index is 13.4. The number of hydrogen-bond acceptors (Lipinski definition) is 4. The van der Waals surface area contributed by atoms with E-state index in [4.69, 9.17) is 4.98 Å². The van der Waals surface area contributed by atoms with Gasteiger partial charge in [-0.2, -0.15) is 0 Å². The monoisotopic (exact) mass is 514 g/mol. The molecular weight excluding hydrogens is 480 g/mol. The zero-order valence-electron chi connectivity index (χ0n) is 21.2. The number of thiazole rings is 1. The van der Waals surface area contributed by atoms with Crippen molar-refractivity contribution in [3.05, 3.63) is 75.3 Å². The number of hydrogen-bond donors (Lipinski definition) is 1. The first-order chi connectivity index (χ1) is 18.2. The first-order valence-corrected chi connectivity index (χ1v) is 14.5. The molecule has 2 aliphatic heterocycles. The number of rotatable bonds is 5. The van der Waals surface area contributed by atoms with Crippen molar-refractivity contribution in [1.29, 1.82) is 0 Å². The number of carbonyl (C=O) groups excluding carboxylic acids is 2. The van der Waals surface area contributed by atoms with E-state index in [9.17, 15) is 9.59 Å². The molecule has 1 saturated heterocycles. The van der Waals surface area contributed by atoms with Gasteiger partial charge in [0.2, 0.25) is 0 Å². The van der Waals surface area contributed by atoms with Crippen LogP contribution in [0.15, 0.2) is 53.4 Å². The summed E-state index contributed by atoms with van der Waals surface area (Å²) in [6.45, 7) is 3.41. The Morgan fingerprint density at radius 1 is 1.00 bits per heavy atom. The lowest BCUT2D eigenvalue weighted by Gasteiger charge is -2.31. The average molecular weight is 515 g/mol. The van der Waals surface area contributed by atoms with Crippen molar-refractivity contribution in [2.24, 2.45) is 0 Å². The van der Waals surface area contributed by atoms with E-state index in [1.54, 1.807) is 11.3 Å². The van der Waals surface area contributed by atoms with Crippen LogP contribution in [0.2, 0.25) is 0 Å². The normalized spacial score (nSPS) is 18.1. The molecule has 3 aromatic rings. The van der Waals surface area contributed by atoms with E-state index in [-0.39, 0.29) is 11.9 Å². The molecule has 0 bridgehead atoms. The number of aromatic nitrogens is 1. The van der Waals surface area contributed by atoms with Crippen LogP contribution in [-0.4, -0.2) is 46.4 Å². The highest BCUT2D eigenvalue weighted by molar-refractivity contribution is 7.09. The predicted octanol–water partition coefficient (Wildman–Crippen LogP) is 6.23. The maximum absolute atomic E-state index is 13.4. The lowest BCUT2D eigenvalue weighted by atomic mass is 9.95. The lowest BCUT2D eigenvalue weighted by molar-refractivity contribution is 0.0721. The number of piperidine rings is 1. The number of nitrogens with one attached hydrogen (secondary N) is 1. The molecule has 0 atom stereocenters. The van der Waals surface area contributed by atoms with E-state index in [0.717, 1.165) is 43.9 Å². The number of nitrogens with zero attached hydrogens (tertiary/aromatic N) is 3. The molecule has 37 heavy (non-hydrogen) atoms. The molecule has 1 fully saturated rings. The van der Waals surface area contributed by atoms with Gasteiger partial charge in [-0.05, 0) is 66.8 Å². The molecule has 3 amide bonds. The van der Waals surface area contributed by atoms with Gasteiger partial charge in [0, 0.05) is 44.0 Å². The molecule has 1 aliphatic carbocycles. The quantitative estimate of drug-likeness (QED) is 0.411. The molecule has 7 heteroatoms. The standard InChI is InChI=1S/C30H34N4O2S/c35-29(34-18-24-10-4-8-22-9-5-11-25(19-34)27(22)24)26-20-37-28(32-26)23-13-16-33(17-14-23)30(36)31-15-12-21-6-2-1-3-7-21/h4-6,8-11,20,23H,1-3,7,12-19H2,(H,31,36). The second kappa shape index (κ2) is 10.7. The third-order valence-electron chi connectivity index (χ3n) is 8.07. The third kappa shape index (κ3) is 5.14. The van der Waals surface area contributed by atoms with Gasteiger partial charge in [-0.3, -0.25) is 4.79 Å². The number of likely N-dealkylation sites (tertiary alicyclic amines) is 1. The molecule has 0 saturated carbocycles. The summed E-state index contributed by atoms with van der Waals surface area (Å²) in [6, 6.07) is 12.7. The third-order valence-corrected chi connectivity index (χ3v) is 9.07. The molecule has 0 radical (unpaired) electrons. The molecule has 0 spiro atoms. The highest BCUT2D eigenvalue weighted by Gasteiger charge is 2.28. The van der Waals surface area contributed by atoms with Crippen LogP contribution in [0.4, 0.5) is 4.79 Å². The Bertz CT molecular complexity index is 1300. The molecule has 1 aromatic heterocycles. The van der Waals surface area contributed by atoms with Crippen molar-refractivity contribution < 1.29 is 9.59 Å². The van der Waals surface area contributed by atoms with E-state index in [1.165, 1.54) is 53.2 Å². The summed E-state index contributed by atoms with van der Waals surface area (Å²) in [5, 5.41) is 8.56. The van der Waals surface area contributed by atoms with Crippen molar-refractivity contribution in [1.82, 2.24) is 20.1 Å². The van der Waals surface area contributed by atoms with E-state index in [2.05, 4.69) is 47.8 Å². The summed E-state index contributed by atoms with van der Waals surface area (Å²) < 4.78 is 0. The van der Waals surface area contributed by atoms with Crippen LogP contribution < -0.4 is 5.32 Å². The van der Waals surface area contributed by atoms with Crippen LogP contribution >= 0.6 is 11.3 Å². The highest BCUT2D eigenvalue weighted by Crippen LogP contribution is 2.33. The Morgan fingerprint density at radius 3 is 2.46 bits per heavy atom. The van der Waals surface area contributed by atoms with Crippen LogP contribution in [0.25, 0.3) is 10.8 Å². The molecule has 1 N–H and O–H groups in total. The van der Waals surface area contributed by atoms with E-state index < -0.39 is 0 Å². The van der Waals surface area contributed by atoms with E-state index in [1.807, 2.05) is 15.2 Å². The van der Waals surface area contributed by atoms with E-state index >= 15 is 0 Å². The summed E-state index contributed by atoms with van der Waals surface area (Å²) in [4.78, 5) is 34.6. The molecule has 6 rings (SSSR count). The van der Waals surface area contributed by atoms with Crippen molar-refractivity contribution in [3.63, 3.8) is 0 Å². The van der Waals surface area contributed by atoms with Gasteiger partial charge in [-0.15, -0.1) is 11.3 Å². The molecule has 192 valence electrons. The number of amides is 3. The minimum atomic E-state index is -0.00102. The van der Waals surface area contributed by atoms with E-state index in [0.29, 0.717) is 24.7 Å². The SMILES string of the molecule is O=C(NCCC1=CCCCC1)N1CCC(c2nc(C(=O)N3Cc4cccc5cccc(c45)C3)cs2)CC1. The smallest absolute Gasteiger partial charge is 0.317 e. The van der Waals surface area contributed by atoms with Gasteiger partial charge in [-0.1, -0.05) is 48.0 Å². The fraction of sp³-hybridized carbons (Fsp3) is 0.433. The second-order valence-corrected chi connectivity index (χ2v) is 11.4. The van der Waals surface area contributed by atoms with Crippen molar-refractivity contribution in [2.45, 2.75) is 64.0 Å². The summed E-state index contributed by atoms with van der Waals surface area (Å²) in [5.41, 5.74) is 4.43. The number of allylic oxidation sites excluding steroid dienone is 1. The van der Waals surface area contributed by atoms with Gasteiger partial charge in [0.25, 0.3) is 5.91 Å². The minimum Gasteiger partial charge on any atom is -0.338 e. The Morgan fingerprint density at radius 2 is 1.76 bits per heavy atom.